The molecule has 1 aromatic heterocycles. The van der Waals surface area contributed by atoms with Crippen LogP contribution >= 0.6 is 0 Å². The number of aromatic nitrogens is 1. The Labute approximate surface area is 130 Å². The maximum atomic E-state index is 3.47. The largest absolute Gasteiger partial charge is 0.361 e. The van der Waals surface area contributed by atoms with Gasteiger partial charge in [-0.15, -0.1) is 0 Å². The molecule has 2 aliphatic rings. The molecule has 1 nitrogen and oxygen atoms in total. The molecule has 22 heavy (non-hydrogen) atoms. The first-order valence-corrected chi connectivity index (χ1v) is 8.26. The number of hydrogen-bond donors (Lipinski definition) is 1. The van der Waals surface area contributed by atoms with E-state index in [4.69, 9.17) is 0 Å². The predicted molar refractivity (Wildman–Crippen MR) is 91.9 cm³/mol. The normalized spacial score (nSPS) is 18.3. The molecule has 0 radical (unpaired) electrons. The topological polar surface area (TPSA) is 15.8 Å². The Balaban J connectivity index is 1.67. The van der Waals surface area contributed by atoms with Gasteiger partial charge in [-0.25, -0.2) is 0 Å². The van der Waals surface area contributed by atoms with Crippen LogP contribution in [0.2, 0.25) is 0 Å². The van der Waals surface area contributed by atoms with Crippen LogP contribution in [0.1, 0.15) is 35.4 Å². The van der Waals surface area contributed by atoms with E-state index in [0.29, 0.717) is 5.92 Å². The smallest absolute Gasteiger partial charge is 0.0457 e. The SMILES string of the molecule is C1=C(C(c2c[nH]c3ccccc23)C2CC2)c2ccccc2C1. The van der Waals surface area contributed by atoms with E-state index in [1.165, 1.54) is 40.4 Å². The van der Waals surface area contributed by atoms with Gasteiger partial charge < -0.3 is 4.98 Å². The van der Waals surface area contributed by atoms with Crippen molar-refractivity contribution in [2.75, 3.05) is 0 Å². The number of allylic oxidation sites excluding steroid dienone is 2. The Morgan fingerprint density at radius 1 is 0.955 bits per heavy atom. The second-order valence-electron chi connectivity index (χ2n) is 6.63. The third-order valence-corrected chi connectivity index (χ3v) is 5.26. The summed E-state index contributed by atoms with van der Waals surface area (Å²) in [6.07, 6.45) is 8.54. The first kappa shape index (κ1) is 12.3. The van der Waals surface area contributed by atoms with Crippen molar-refractivity contribution in [2.24, 2.45) is 5.92 Å². The van der Waals surface area contributed by atoms with Crippen LogP contribution in [0, 0.1) is 5.92 Å². The zero-order valence-electron chi connectivity index (χ0n) is 12.5. The number of benzene rings is 2. The van der Waals surface area contributed by atoms with Crippen molar-refractivity contribution in [3.63, 3.8) is 0 Å². The lowest BCUT2D eigenvalue weighted by atomic mass is 9.84. The number of para-hydroxylation sites is 1. The maximum absolute atomic E-state index is 3.47. The monoisotopic (exact) mass is 285 g/mol. The maximum Gasteiger partial charge on any atom is 0.0457 e. The van der Waals surface area contributed by atoms with E-state index in [1.807, 2.05) is 0 Å². The van der Waals surface area contributed by atoms with Gasteiger partial charge in [0.25, 0.3) is 0 Å². The fourth-order valence-electron chi connectivity index (χ4n) is 4.06. The molecule has 3 aromatic rings. The van der Waals surface area contributed by atoms with Crippen molar-refractivity contribution < 1.29 is 0 Å². The van der Waals surface area contributed by atoms with E-state index in [9.17, 15) is 0 Å². The third-order valence-electron chi connectivity index (χ3n) is 5.26. The fraction of sp³-hybridized carbons (Fsp3) is 0.238. The van der Waals surface area contributed by atoms with Crippen molar-refractivity contribution in [2.45, 2.75) is 25.2 Å². The molecule has 0 amide bonds. The molecular weight excluding hydrogens is 266 g/mol. The lowest BCUT2D eigenvalue weighted by Gasteiger charge is -2.19. The van der Waals surface area contributed by atoms with E-state index in [2.05, 4.69) is 65.8 Å². The lowest BCUT2D eigenvalue weighted by molar-refractivity contribution is 0.750. The first-order valence-electron chi connectivity index (χ1n) is 8.26. The van der Waals surface area contributed by atoms with Crippen molar-refractivity contribution in [1.29, 1.82) is 0 Å². The minimum Gasteiger partial charge on any atom is -0.361 e. The van der Waals surface area contributed by atoms with E-state index in [1.54, 1.807) is 5.57 Å². The molecule has 5 rings (SSSR count). The Morgan fingerprint density at radius 3 is 2.68 bits per heavy atom. The quantitative estimate of drug-likeness (QED) is 0.672. The zero-order chi connectivity index (χ0) is 14.5. The summed E-state index contributed by atoms with van der Waals surface area (Å²) in [5.41, 5.74) is 7.27. The molecular formula is C21H19N. The van der Waals surface area contributed by atoms with Crippen molar-refractivity contribution in [3.8, 4) is 0 Å². The van der Waals surface area contributed by atoms with Gasteiger partial charge in [0.05, 0.1) is 0 Å². The van der Waals surface area contributed by atoms with Gasteiger partial charge in [-0.1, -0.05) is 48.5 Å². The highest BCUT2D eigenvalue weighted by atomic mass is 14.7. The third kappa shape index (κ3) is 1.78. The molecule has 1 atom stereocenters. The Morgan fingerprint density at radius 2 is 1.77 bits per heavy atom. The Bertz CT molecular complexity index is 880. The highest BCUT2D eigenvalue weighted by molar-refractivity contribution is 5.88. The van der Waals surface area contributed by atoms with Crippen molar-refractivity contribution in [1.82, 2.24) is 4.98 Å². The molecule has 0 saturated heterocycles. The molecule has 1 heteroatoms. The zero-order valence-corrected chi connectivity index (χ0v) is 12.5. The van der Waals surface area contributed by atoms with Crippen LogP contribution < -0.4 is 0 Å². The van der Waals surface area contributed by atoms with Gasteiger partial charge in [0.1, 0.15) is 0 Å². The molecule has 2 aliphatic carbocycles. The summed E-state index contributed by atoms with van der Waals surface area (Å²) in [7, 11) is 0. The molecule has 2 aromatic carbocycles. The molecule has 0 bridgehead atoms. The van der Waals surface area contributed by atoms with E-state index in [0.717, 1.165) is 12.3 Å². The van der Waals surface area contributed by atoms with Crippen LogP contribution in [0.4, 0.5) is 0 Å². The van der Waals surface area contributed by atoms with Crippen LogP contribution in [0.25, 0.3) is 16.5 Å². The highest BCUT2D eigenvalue weighted by Crippen LogP contribution is 2.52. The van der Waals surface area contributed by atoms with E-state index < -0.39 is 0 Å². The fourth-order valence-corrected chi connectivity index (χ4v) is 4.06. The minimum absolute atomic E-state index is 0.555. The number of fused-ring (bicyclic) bond motifs is 2. The summed E-state index contributed by atoms with van der Waals surface area (Å²) in [6, 6.07) is 17.6. The van der Waals surface area contributed by atoms with E-state index in [-0.39, 0.29) is 0 Å². The van der Waals surface area contributed by atoms with Crippen molar-refractivity contribution in [3.05, 3.63) is 77.5 Å². The van der Waals surface area contributed by atoms with Gasteiger partial charge in [0.15, 0.2) is 0 Å². The van der Waals surface area contributed by atoms with Gasteiger partial charge in [-0.2, -0.15) is 0 Å². The molecule has 1 saturated carbocycles. The van der Waals surface area contributed by atoms with Gasteiger partial charge in [0.2, 0.25) is 0 Å². The summed E-state index contributed by atoms with van der Waals surface area (Å²) in [5.74, 6) is 1.37. The molecule has 1 N–H and O–H groups in total. The van der Waals surface area contributed by atoms with Gasteiger partial charge >= 0.3 is 0 Å². The number of rotatable bonds is 3. The van der Waals surface area contributed by atoms with Crippen LogP contribution in [-0.2, 0) is 6.42 Å². The van der Waals surface area contributed by atoms with Gasteiger partial charge in [0, 0.05) is 23.0 Å². The second kappa shape index (κ2) is 4.61. The molecule has 1 fully saturated rings. The van der Waals surface area contributed by atoms with Crippen LogP contribution in [-0.4, -0.2) is 4.98 Å². The van der Waals surface area contributed by atoms with Crippen LogP contribution in [0.3, 0.4) is 0 Å². The van der Waals surface area contributed by atoms with E-state index >= 15 is 0 Å². The van der Waals surface area contributed by atoms with Crippen molar-refractivity contribution >= 4 is 16.5 Å². The molecule has 1 heterocycles. The average Bonchev–Trinajstić information content (AvgIpc) is 3.17. The van der Waals surface area contributed by atoms with Gasteiger partial charge in [-0.05, 0) is 53.5 Å². The number of nitrogens with one attached hydrogen (secondary N) is 1. The summed E-state index contributed by atoms with van der Waals surface area (Å²) in [5, 5.41) is 1.39. The highest BCUT2D eigenvalue weighted by Gasteiger charge is 2.37. The standard InChI is InChI=1S/C21H19N/c1-2-6-16-14(5-1)11-12-18(16)21(15-9-10-15)19-13-22-20-8-4-3-7-17(19)20/h1-8,12-13,15,21-22H,9-11H2. The molecule has 1 unspecified atom stereocenters. The average molecular weight is 285 g/mol. The lowest BCUT2D eigenvalue weighted by Crippen LogP contribution is -2.03. The predicted octanol–water partition coefficient (Wildman–Crippen LogP) is 5.30. The Kier molecular flexibility index (Phi) is 2.57. The minimum atomic E-state index is 0.555. The summed E-state index contributed by atoms with van der Waals surface area (Å²) < 4.78 is 0. The van der Waals surface area contributed by atoms with Crippen LogP contribution in [0.15, 0.2) is 60.8 Å². The number of H-pyrrole nitrogens is 1. The molecule has 108 valence electrons. The molecule has 0 aliphatic heterocycles. The second-order valence-corrected chi connectivity index (χ2v) is 6.63. The number of hydrogen-bond acceptors (Lipinski definition) is 0. The Hall–Kier alpha value is -2.28. The summed E-state index contributed by atoms with van der Waals surface area (Å²) in [4.78, 5) is 3.47. The molecule has 0 spiro atoms. The van der Waals surface area contributed by atoms with Crippen LogP contribution in [0.5, 0.6) is 0 Å². The first-order chi connectivity index (χ1) is 10.9. The number of aromatic amines is 1. The summed E-state index contributed by atoms with van der Waals surface area (Å²) >= 11 is 0. The summed E-state index contributed by atoms with van der Waals surface area (Å²) in [6.45, 7) is 0. The van der Waals surface area contributed by atoms with Gasteiger partial charge in [-0.3, -0.25) is 0 Å².